The van der Waals surface area contributed by atoms with Crippen molar-refractivity contribution in [3.8, 4) is 11.5 Å². The largest absolute Gasteiger partial charge is 0.454 e. The van der Waals surface area contributed by atoms with Gasteiger partial charge in [0.15, 0.2) is 11.5 Å². The fourth-order valence-electron chi connectivity index (χ4n) is 4.37. The van der Waals surface area contributed by atoms with Gasteiger partial charge in [-0.05, 0) is 69.4 Å². The highest BCUT2D eigenvalue weighted by Gasteiger charge is 2.34. The predicted octanol–water partition coefficient (Wildman–Crippen LogP) is 3.68. The minimum Gasteiger partial charge on any atom is -0.454 e. The van der Waals surface area contributed by atoms with Crippen LogP contribution in [0.3, 0.4) is 0 Å². The zero-order valence-corrected chi connectivity index (χ0v) is 21.0. The second kappa shape index (κ2) is 11.3. The maximum absolute atomic E-state index is 13.2. The molecule has 9 heteroatoms. The number of likely N-dealkylation sites (tertiary alicyclic amines) is 1. The molecule has 2 aromatic rings. The molecule has 0 radical (unpaired) electrons. The second-order valence-corrected chi connectivity index (χ2v) is 9.46. The van der Waals surface area contributed by atoms with Gasteiger partial charge in [0.25, 0.3) is 5.91 Å². The number of anilines is 1. The Morgan fingerprint density at radius 1 is 1.00 bits per heavy atom. The van der Waals surface area contributed by atoms with Gasteiger partial charge in [-0.3, -0.25) is 9.59 Å². The van der Waals surface area contributed by atoms with Crippen LogP contribution in [0.5, 0.6) is 11.5 Å². The van der Waals surface area contributed by atoms with E-state index in [0.29, 0.717) is 43.0 Å². The molecule has 2 aliphatic rings. The highest BCUT2D eigenvalue weighted by atomic mass is 16.7. The van der Waals surface area contributed by atoms with E-state index in [-0.39, 0.29) is 36.6 Å². The highest BCUT2D eigenvalue weighted by Crippen LogP contribution is 2.32. The summed E-state index contributed by atoms with van der Waals surface area (Å²) in [5.74, 6) is 0.443. The number of carbonyl (C=O) groups excluding carboxylic acids is 3. The first-order valence-corrected chi connectivity index (χ1v) is 12.5. The van der Waals surface area contributed by atoms with Gasteiger partial charge in [0, 0.05) is 30.4 Å². The molecule has 9 nitrogen and oxygen atoms in total. The van der Waals surface area contributed by atoms with E-state index in [2.05, 4.69) is 16.0 Å². The number of ether oxygens (including phenoxy) is 2. The van der Waals surface area contributed by atoms with Gasteiger partial charge in [0.2, 0.25) is 12.7 Å². The average molecular weight is 495 g/mol. The Kier molecular flexibility index (Phi) is 7.97. The van der Waals surface area contributed by atoms with Gasteiger partial charge in [0.1, 0.15) is 6.04 Å². The third-order valence-corrected chi connectivity index (χ3v) is 6.81. The molecule has 1 saturated heterocycles. The maximum atomic E-state index is 13.2. The highest BCUT2D eigenvalue weighted by molar-refractivity contribution is 5.98. The summed E-state index contributed by atoms with van der Waals surface area (Å²) in [4.78, 5) is 40.8. The van der Waals surface area contributed by atoms with Crippen molar-refractivity contribution in [3.05, 3.63) is 53.6 Å². The van der Waals surface area contributed by atoms with Crippen LogP contribution in [0.2, 0.25) is 0 Å². The molecule has 0 saturated carbocycles. The van der Waals surface area contributed by atoms with Crippen LogP contribution in [0.15, 0.2) is 42.5 Å². The van der Waals surface area contributed by atoms with Crippen LogP contribution in [0.1, 0.15) is 49.0 Å². The molecule has 2 atom stereocenters. The summed E-state index contributed by atoms with van der Waals surface area (Å²) in [6, 6.07) is 11.7. The fourth-order valence-corrected chi connectivity index (χ4v) is 4.37. The van der Waals surface area contributed by atoms with E-state index >= 15 is 0 Å². The van der Waals surface area contributed by atoms with Crippen LogP contribution < -0.4 is 25.4 Å². The van der Waals surface area contributed by atoms with Gasteiger partial charge in [-0.1, -0.05) is 24.6 Å². The molecule has 2 aliphatic heterocycles. The van der Waals surface area contributed by atoms with E-state index in [9.17, 15) is 14.4 Å². The van der Waals surface area contributed by atoms with Crippen LogP contribution in [-0.4, -0.2) is 54.7 Å². The van der Waals surface area contributed by atoms with Gasteiger partial charge in [-0.25, -0.2) is 4.79 Å². The SMILES string of the molecule is CC[C@H](C)NC(=O)[C@@H](NC(=O)c1ccc2c(c1)OCO2)C1CCN(C(=O)Nc2ccc(C)cc2)CC1. The minimum absolute atomic E-state index is 0.0113. The van der Waals surface area contributed by atoms with E-state index in [4.69, 9.17) is 9.47 Å². The molecule has 2 heterocycles. The Balaban J connectivity index is 1.40. The molecule has 192 valence electrons. The Hall–Kier alpha value is -3.75. The van der Waals surface area contributed by atoms with Gasteiger partial charge >= 0.3 is 6.03 Å². The number of carbonyl (C=O) groups is 3. The average Bonchev–Trinajstić information content (AvgIpc) is 3.36. The van der Waals surface area contributed by atoms with E-state index in [0.717, 1.165) is 17.7 Å². The summed E-state index contributed by atoms with van der Waals surface area (Å²) in [6.07, 6.45) is 1.98. The van der Waals surface area contributed by atoms with E-state index in [1.165, 1.54) is 0 Å². The molecule has 0 aliphatic carbocycles. The fraction of sp³-hybridized carbons (Fsp3) is 0.444. The molecule has 0 spiro atoms. The number of urea groups is 1. The summed E-state index contributed by atoms with van der Waals surface area (Å²) in [7, 11) is 0. The van der Waals surface area contributed by atoms with Gasteiger partial charge < -0.3 is 30.3 Å². The number of aryl methyl sites for hydroxylation is 1. The lowest BCUT2D eigenvalue weighted by Gasteiger charge is -2.36. The van der Waals surface area contributed by atoms with Gasteiger partial charge in [-0.15, -0.1) is 0 Å². The van der Waals surface area contributed by atoms with E-state index < -0.39 is 6.04 Å². The third kappa shape index (κ3) is 6.08. The number of hydrogen-bond donors (Lipinski definition) is 3. The molecule has 0 aromatic heterocycles. The quantitative estimate of drug-likeness (QED) is 0.544. The second-order valence-electron chi connectivity index (χ2n) is 9.46. The molecule has 3 N–H and O–H groups in total. The van der Waals surface area contributed by atoms with Crippen LogP contribution >= 0.6 is 0 Å². The van der Waals surface area contributed by atoms with Crippen molar-refractivity contribution in [3.63, 3.8) is 0 Å². The topological polar surface area (TPSA) is 109 Å². The number of piperidine rings is 1. The summed E-state index contributed by atoms with van der Waals surface area (Å²) in [6.45, 7) is 7.04. The molecule has 0 unspecified atom stereocenters. The van der Waals surface area contributed by atoms with Crippen molar-refractivity contribution in [2.75, 3.05) is 25.2 Å². The van der Waals surface area contributed by atoms with Crippen LogP contribution in [0.25, 0.3) is 0 Å². The molecule has 2 aromatic carbocycles. The number of benzene rings is 2. The summed E-state index contributed by atoms with van der Waals surface area (Å²) < 4.78 is 10.7. The van der Waals surface area contributed by atoms with E-state index in [1.54, 1.807) is 23.1 Å². The molecule has 1 fully saturated rings. The molecule has 36 heavy (non-hydrogen) atoms. The van der Waals surface area contributed by atoms with Crippen molar-refractivity contribution in [2.45, 2.75) is 52.1 Å². The standard InChI is InChI=1S/C27H34N4O5/c1-4-18(3)28-26(33)24(30-25(32)20-7-10-22-23(15-20)36-16-35-22)19-11-13-31(14-12-19)27(34)29-21-8-5-17(2)6-9-21/h5-10,15,18-19,24H,4,11-14,16H2,1-3H3,(H,28,33)(H,29,34)(H,30,32)/t18-,24-/m0/s1. The molecular formula is C27H34N4O5. The van der Waals surface area contributed by atoms with Crippen LogP contribution in [-0.2, 0) is 4.79 Å². The number of hydrogen-bond acceptors (Lipinski definition) is 5. The Morgan fingerprint density at radius 2 is 1.69 bits per heavy atom. The minimum atomic E-state index is -0.709. The summed E-state index contributed by atoms with van der Waals surface area (Å²) >= 11 is 0. The first kappa shape index (κ1) is 25.3. The lowest BCUT2D eigenvalue weighted by Crippen LogP contribution is -2.55. The maximum Gasteiger partial charge on any atom is 0.321 e. The van der Waals surface area contributed by atoms with Crippen LogP contribution in [0.4, 0.5) is 10.5 Å². The van der Waals surface area contributed by atoms with E-state index in [1.807, 2.05) is 45.0 Å². The Bertz CT molecular complexity index is 1100. The number of fused-ring (bicyclic) bond motifs is 1. The number of rotatable bonds is 7. The molecule has 4 amide bonds. The number of amides is 4. The first-order chi connectivity index (χ1) is 17.3. The van der Waals surface area contributed by atoms with Crippen molar-refractivity contribution in [1.29, 1.82) is 0 Å². The normalized spacial score (nSPS) is 16.7. The molecular weight excluding hydrogens is 460 g/mol. The van der Waals surface area contributed by atoms with Gasteiger partial charge in [-0.2, -0.15) is 0 Å². The molecule has 4 rings (SSSR count). The van der Waals surface area contributed by atoms with Crippen molar-refractivity contribution in [2.24, 2.45) is 5.92 Å². The summed E-state index contributed by atoms with van der Waals surface area (Å²) in [5.41, 5.74) is 2.27. The zero-order valence-electron chi connectivity index (χ0n) is 21.0. The van der Waals surface area contributed by atoms with Crippen LogP contribution in [0, 0.1) is 12.8 Å². The van der Waals surface area contributed by atoms with Gasteiger partial charge in [0.05, 0.1) is 0 Å². The predicted molar refractivity (Wildman–Crippen MR) is 136 cm³/mol. The Morgan fingerprint density at radius 3 is 2.39 bits per heavy atom. The van der Waals surface area contributed by atoms with Crippen molar-refractivity contribution >= 4 is 23.5 Å². The Labute approximate surface area is 211 Å². The lowest BCUT2D eigenvalue weighted by molar-refractivity contribution is -0.125. The lowest BCUT2D eigenvalue weighted by atomic mass is 9.88. The third-order valence-electron chi connectivity index (χ3n) is 6.81. The number of nitrogens with zero attached hydrogens (tertiary/aromatic N) is 1. The van der Waals surface area contributed by atoms with Crippen molar-refractivity contribution < 1.29 is 23.9 Å². The summed E-state index contributed by atoms with van der Waals surface area (Å²) in [5, 5.41) is 8.88. The van der Waals surface area contributed by atoms with Crippen molar-refractivity contribution in [1.82, 2.24) is 15.5 Å². The molecule has 0 bridgehead atoms. The number of nitrogens with one attached hydrogen (secondary N) is 3. The first-order valence-electron chi connectivity index (χ1n) is 12.5. The smallest absolute Gasteiger partial charge is 0.321 e. The monoisotopic (exact) mass is 494 g/mol. The zero-order chi connectivity index (χ0) is 25.7.